The van der Waals surface area contributed by atoms with Crippen LogP contribution in [0.25, 0.3) is 0 Å². The van der Waals surface area contributed by atoms with Gasteiger partial charge in [-0.25, -0.2) is 15.8 Å². The number of aromatic nitrogens is 2. The van der Waals surface area contributed by atoms with E-state index in [1.807, 2.05) is 6.92 Å². The molecule has 0 saturated carbocycles. The highest BCUT2D eigenvalue weighted by atomic mass is 15.3. The Morgan fingerprint density at radius 2 is 1.70 bits per heavy atom. The zero-order chi connectivity index (χ0) is 15.7. The van der Waals surface area contributed by atoms with Crippen LogP contribution >= 0.6 is 0 Å². The van der Waals surface area contributed by atoms with Gasteiger partial charge in [-0.2, -0.15) is 0 Å². The number of anilines is 2. The third kappa shape index (κ3) is 3.39. The first-order chi connectivity index (χ1) is 9.09. The van der Waals surface area contributed by atoms with Gasteiger partial charge >= 0.3 is 0 Å². The first kappa shape index (κ1) is 16.7. The summed E-state index contributed by atoms with van der Waals surface area (Å²) in [6.45, 7) is 14.9. The fraction of sp³-hybridized carbons (Fsp3) is 0.733. The highest BCUT2D eigenvalue weighted by molar-refractivity contribution is 5.58. The molecular weight excluding hydrogens is 250 g/mol. The van der Waals surface area contributed by atoms with Crippen molar-refractivity contribution in [1.82, 2.24) is 9.97 Å². The van der Waals surface area contributed by atoms with Crippen molar-refractivity contribution in [2.45, 2.75) is 59.9 Å². The standard InChI is InChI=1S/C15H29N5/c1-9(2)11(4)20(8)13-10(3)12(19-16)17-14(18-13)15(5,6)7/h9,11H,16H2,1-8H3,(H,17,18,19). The second kappa shape index (κ2) is 5.95. The minimum absolute atomic E-state index is 0.115. The van der Waals surface area contributed by atoms with E-state index in [0.29, 0.717) is 17.8 Å². The van der Waals surface area contributed by atoms with Gasteiger partial charge < -0.3 is 10.3 Å². The van der Waals surface area contributed by atoms with Gasteiger partial charge in [0.15, 0.2) is 0 Å². The van der Waals surface area contributed by atoms with Crippen LogP contribution in [0.2, 0.25) is 0 Å². The number of nitrogen functional groups attached to an aromatic ring is 1. The molecule has 0 fully saturated rings. The molecule has 0 bridgehead atoms. The smallest absolute Gasteiger partial charge is 0.148 e. The summed E-state index contributed by atoms with van der Waals surface area (Å²) < 4.78 is 0. The molecule has 0 aliphatic rings. The molecule has 1 rings (SSSR count). The van der Waals surface area contributed by atoms with Crippen molar-refractivity contribution in [3.63, 3.8) is 0 Å². The summed E-state index contributed by atoms with van der Waals surface area (Å²) in [5, 5.41) is 0. The van der Waals surface area contributed by atoms with Crippen LogP contribution in [0.5, 0.6) is 0 Å². The summed E-state index contributed by atoms with van der Waals surface area (Å²) >= 11 is 0. The van der Waals surface area contributed by atoms with E-state index >= 15 is 0 Å². The quantitative estimate of drug-likeness (QED) is 0.655. The van der Waals surface area contributed by atoms with Gasteiger partial charge in [-0.3, -0.25) is 0 Å². The fourth-order valence-corrected chi connectivity index (χ4v) is 1.96. The SMILES string of the molecule is Cc1c(NN)nc(C(C)(C)C)nc1N(C)C(C)C(C)C. The number of hydrogen-bond donors (Lipinski definition) is 2. The minimum Gasteiger partial charge on any atom is -0.356 e. The number of hydrazine groups is 1. The van der Waals surface area contributed by atoms with Gasteiger partial charge in [-0.05, 0) is 19.8 Å². The van der Waals surface area contributed by atoms with E-state index in [0.717, 1.165) is 17.2 Å². The number of nitrogens with two attached hydrogens (primary N) is 1. The van der Waals surface area contributed by atoms with E-state index in [1.54, 1.807) is 0 Å². The van der Waals surface area contributed by atoms with Crippen LogP contribution < -0.4 is 16.2 Å². The summed E-state index contributed by atoms with van der Waals surface area (Å²) in [4.78, 5) is 11.5. The van der Waals surface area contributed by atoms with Crippen molar-refractivity contribution in [1.29, 1.82) is 0 Å². The predicted octanol–water partition coefficient (Wildman–Crippen LogP) is 2.85. The second-order valence-corrected chi connectivity index (χ2v) is 6.83. The predicted molar refractivity (Wildman–Crippen MR) is 86.0 cm³/mol. The average Bonchev–Trinajstić information content (AvgIpc) is 2.35. The van der Waals surface area contributed by atoms with E-state index in [1.165, 1.54) is 0 Å². The summed E-state index contributed by atoms with van der Waals surface area (Å²) in [5.41, 5.74) is 3.56. The summed E-state index contributed by atoms with van der Waals surface area (Å²) in [6, 6.07) is 0.391. The molecule has 20 heavy (non-hydrogen) atoms. The second-order valence-electron chi connectivity index (χ2n) is 6.83. The Morgan fingerprint density at radius 3 is 2.10 bits per heavy atom. The van der Waals surface area contributed by atoms with Gasteiger partial charge in [-0.1, -0.05) is 34.6 Å². The fourth-order valence-electron chi connectivity index (χ4n) is 1.96. The number of rotatable bonds is 4. The Labute approximate surface area is 123 Å². The Hall–Kier alpha value is -1.36. The lowest BCUT2D eigenvalue weighted by atomic mass is 9.95. The first-order valence-electron chi connectivity index (χ1n) is 7.18. The molecule has 114 valence electrons. The minimum atomic E-state index is -0.115. The zero-order valence-corrected chi connectivity index (χ0v) is 14.1. The highest BCUT2D eigenvalue weighted by Crippen LogP contribution is 2.29. The lowest BCUT2D eigenvalue weighted by molar-refractivity contribution is 0.496. The molecule has 5 nitrogen and oxygen atoms in total. The summed E-state index contributed by atoms with van der Waals surface area (Å²) in [7, 11) is 2.08. The molecule has 0 aliphatic carbocycles. The third-order valence-corrected chi connectivity index (χ3v) is 3.84. The van der Waals surface area contributed by atoms with Crippen molar-refractivity contribution in [2.24, 2.45) is 11.8 Å². The third-order valence-electron chi connectivity index (χ3n) is 3.84. The van der Waals surface area contributed by atoms with Gasteiger partial charge in [0.25, 0.3) is 0 Å². The van der Waals surface area contributed by atoms with Crippen molar-refractivity contribution in [3.8, 4) is 0 Å². The maximum atomic E-state index is 5.61. The largest absolute Gasteiger partial charge is 0.356 e. The van der Waals surface area contributed by atoms with E-state index in [-0.39, 0.29) is 5.41 Å². The lowest BCUT2D eigenvalue weighted by Gasteiger charge is -2.31. The average molecular weight is 279 g/mol. The lowest BCUT2D eigenvalue weighted by Crippen LogP contribution is -2.35. The van der Waals surface area contributed by atoms with Gasteiger partial charge in [-0.15, -0.1) is 0 Å². The molecule has 0 spiro atoms. The van der Waals surface area contributed by atoms with Gasteiger partial charge in [0, 0.05) is 24.1 Å². The highest BCUT2D eigenvalue weighted by Gasteiger charge is 2.24. The Balaban J connectivity index is 3.38. The number of nitrogens with one attached hydrogen (secondary N) is 1. The van der Waals surface area contributed by atoms with Crippen molar-refractivity contribution in [2.75, 3.05) is 17.4 Å². The van der Waals surface area contributed by atoms with Crippen LogP contribution in [-0.4, -0.2) is 23.1 Å². The molecule has 1 heterocycles. The zero-order valence-electron chi connectivity index (χ0n) is 14.1. The normalized spacial score (nSPS) is 13.5. The van der Waals surface area contributed by atoms with Crippen LogP contribution in [-0.2, 0) is 5.41 Å². The van der Waals surface area contributed by atoms with Crippen LogP contribution in [0, 0.1) is 12.8 Å². The first-order valence-corrected chi connectivity index (χ1v) is 7.18. The van der Waals surface area contributed by atoms with Gasteiger partial charge in [0.1, 0.15) is 17.5 Å². The molecule has 1 aromatic heterocycles. The van der Waals surface area contributed by atoms with Crippen LogP contribution in [0.4, 0.5) is 11.6 Å². The van der Waals surface area contributed by atoms with Crippen LogP contribution in [0.15, 0.2) is 0 Å². The Kier molecular flexibility index (Phi) is 4.97. The van der Waals surface area contributed by atoms with Crippen LogP contribution in [0.3, 0.4) is 0 Å². The monoisotopic (exact) mass is 279 g/mol. The molecular formula is C15H29N5. The molecule has 5 heteroatoms. The molecule has 0 saturated heterocycles. The van der Waals surface area contributed by atoms with E-state index < -0.39 is 0 Å². The molecule has 0 amide bonds. The van der Waals surface area contributed by atoms with Crippen LogP contribution in [0.1, 0.15) is 52.9 Å². The Bertz CT molecular complexity index is 462. The molecule has 0 aromatic carbocycles. The van der Waals surface area contributed by atoms with Crippen molar-refractivity contribution < 1.29 is 0 Å². The maximum absolute atomic E-state index is 5.61. The van der Waals surface area contributed by atoms with Gasteiger partial charge in [0.05, 0.1) is 0 Å². The molecule has 1 aromatic rings. The van der Waals surface area contributed by atoms with E-state index in [2.05, 4.69) is 63.9 Å². The number of hydrogen-bond acceptors (Lipinski definition) is 5. The molecule has 3 N–H and O–H groups in total. The summed E-state index contributed by atoms with van der Waals surface area (Å²) in [5.74, 6) is 8.59. The molecule has 0 radical (unpaired) electrons. The molecule has 0 aliphatic heterocycles. The molecule has 1 atom stereocenters. The molecule has 1 unspecified atom stereocenters. The topological polar surface area (TPSA) is 67.1 Å². The van der Waals surface area contributed by atoms with Gasteiger partial charge in [0.2, 0.25) is 0 Å². The van der Waals surface area contributed by atoms with Crippen molar-refractivity contribution >= 4 is 11.6 Å². The van der Waals surface area contributed by atoms with Crippen molar-refractivity contribution in [3.05, 3.63) is 11.4 Å². The number of nitrogens with zero attached hydrogens (tertiary/aromatic N) is 3. The summed E-state index contributed by atoms with van der Waals surface area (Å²) in [6.07, 6.45) is 0. The van der Waals surface area contributed by atoms with E-state index in [9.17, 15) is 0 Å². The maximum Gasteiger partial charge on any atom is 0.148 e. The Morgan fingerprint density at radius 1 is 1.15 bits per heavy atom. The van der Waals surface area contributed by atoms with E-state index in [4.69, 9.17) is 10.8 Å².